The Morgan fingerprint density at radius 2 is 2.06 bits per heavy atom. The minimum absolute atomic E-state index is 0.0278. The minimum Gasteiger partial charge on any atom is -0.359 e. The molecule has 98 valence electrons. The van der Waals surface area contributed by atoms with Crippen molar-refractivity contribution < 1.29 is 9.59 Å². The fourth-order valence-electron chi connectivity index (χ4n) is 1.87. The second kappa shape index (κ2) is 5.76. The Balaban J connectivity index is 2.39. The summed E-state index contributed by atoms with van der Waals surface area (Å²) in [5, 5.41) is 2.59. The second-order valence-electron chi connectivity index (χ2n) is 5.12. The Kier molecular flexibility index (Phi) is 4.86. The fourth-order valence-corrected chi connectivity index (χ4v) is 2.29. The molecule has 0 aromatic carbocycles. The predicted octanol–water partition coefficient (Wildman–Crippen LogP) is 0.927. The van der Waals surface area contributed by atoms with Gasteiger partial charge < -0.3 is 10.2 Å². The van der Waals surface area contributed by atoms with Crippen molar-refractivity contribution in [2.75, 3.05) is 26.4 Å². The van der Waals surface area contributed by atoms with Crippen LogP contribution in [0.3, 0.4) is 0 Å². The molecule has 0 aromatic rings. The standard InChI is InChI=1S/C12H22N2O2S/c1-9(11(16)13-2)7-14(3)10(15)6-12(8-17)4-5-12/h9,17H,4-8H2,1-3H3,(H,13,16). The van der Waals surface area contributed by atoms with E-state index in [4.69, 9.17) is 0 Å². The Morgan fingerprint density at radius 1 is 1.47 bits per heavy atom. The number of nitrogens with zero attached hydrogens (tertiary/aromatic N) is 1. The van der Waals surface area contributed by atoms with E-state index < -0.39 is 0 Å². The van der Waals surface area contributed by atoms with Crippen LogP contribution in [0.25, 0.3) is 0 Å². The molecule has 5 heteroatoms. The Morgan fingerprint density at radius 3 is 2.47 bits per heavy atom. The highest BCUT2D eigenvalue weighted by atomic mass is 32.1. The molecule has 0 bridgehead atoms. The first-order valence-electron chi connectivity index (χ1n) is 6.00. The molecule has 1 N–H and O–H groups in total. The zero-order valence-corrected chi connectivity index (χ0v) is 11.7. The summed E-state index contributed by atoms with van der Waals surface area (Å²) in [4.78, 5) is 25.0. The highest BCUT2D eigenvalue weighted by Crippen LogP contribution is 2.49. The third-order valence-electron chi connectivity index (χ3n) is 3.49. The summed E-state index contributed by atoms with van der Waals surface area (Å²) >= 11 is 4.29. The maximum atomic E-state index is 12.0. The maximum Gasteiger partial charge on any atom is 0.224 e. The van der Waals surface area contributed by atoms with E-state index in [0.29, 0.717) is 13.0 Å². The fraction of sp³-hybridized carbons (Fsp3) is 0.833. The summed E-state index contributed by atoms with van der Waals surface area (Å²) in [5.74, 6) is 0.699. The van der Waals surface area contributed by atoms with Crippen molar-refractivity contribution in [3.8, 4) is 0 Å². The molecule has 0 saturated heterocycles. The normalized spacial score (nSPS) is 18.4. The summed E-state index contributed by atoms with van der Waals surface area (Å²) < 4.78 is 0. The van der Waals surface area contributed by atoms with Gasteiger partial charge in [-0.05, 0) is 24.0 Å². The van der Waals surface area contributed by atoms with E-state index in [2.05, 4.69) is 17.9 Å². The van der Waals surface area contributed by atoms with E-state index in [0.717, 1.165) is 18.6 Å². The molecule has 0 aliphatic heterocycles. The van der Waals surface area contributed by atoms with Crippen LogP contribution in [-0.4, -0.2) is 43.1 Å². The van der Waals surface area contributed by atoms with Crippen LogP contribution in [-0.2, 0) is 9.59 Å². The maximum absolute atomic E-state index is 12.0. The van der Waals surface area contributed by atoms with Gasteiger partial charge in [-0.25, -0.2) is 0 Å². The first-order valence-corrected chi connectivity index (χ1v) is 6.64. The molecule has 1 saturated carbocycles. The lowest BCUT2D eigenvalue weighted by Gasteiger charge is -2.22. The lowest BCUT2D eigenvalue weighted by Crippen LogP contribution is -2.38. The van der Waals surface area contributed by atoms with Crippen LogP contribution in [0.5, 0.6) is 0 Å². The van der Waals surface area contributed by atoms with Gasteiger partial charge in [0.15, 0.2) is 0 Å². The summed E-state index contributed by atoms with van der Waals surface area (Å²) in [6.45, 7) is 2.30. The summed E-state index contributed by atoms with van der Waals surface area (Å²) in [7, 11) is 3.37. The van der Waals surface area contributed by atoms with Crippen LogP contribution < -0.4 is 5.32 Å². The van der Waals surface area contributed by atoms with Gasteiger partial charge in [0.1, 0.15) is 0 Å². The molecule has 4 nitrogen and oxygen atoms in total. The first-order chi connectivity index (χ1) is 7.94. The van der Waals surface area contributed by atoms with Gasteiger partial charge in [-0.1, -0.05) is 6.92 Å². The number of hydrogen-bond acceptors (Lipinski definition) is 3. The highest BCUT2D eigenvalue weighted by molar-refractivity contribution is 7.80. The molecule has 17 heavy (non-hydrogen) atoms. The number of rotatable bonds is 6. The Bertz CT molecular complexity index is 303. The SMILES string of the molecule is CNC(=O)C(C)CN(C)C(=O)CC1(CS)CC1. The van der Waals surface area contributed by atoms with Gasteiger partial charge in [0.25, 0.3) is 0 Å². The highest BCUT2D eigenvalue weighted by Gasteiger charge is 2.43. The molecule has 0 spiro atoms. The van der Waals surface area contributed by atoms with E-state index in [1.165, 1.54) is 0 Å². The monoisotopic (exact) mass is 258 g/mol. The van der Waals surface area contributed by atoms with E-state index in [1.807, 2.05) is 6.92 Å². The molecule has 1 rings (SSSR count). The number of hydrogen-bond donors (Lipinski definition) is 2. The van der Waals surface area contributed by atoms with Gasteiger partial charge in [0.05, 0.1) is 5.92 Å². The van der Waals surface area contributed by atoms with Crippen molar-refractivity contribution in [2.45, 2.75) is 26.2 Å². The Labute approximate surface area is 109 Å². The van der Waals surface area contributed by atoms with Crippen LogP contribution in [0, 0.1) is 11.3 Å². The summed E-state index contributed by atoms with van der Waals surface area (Å²) in [6.07, 6.45) is 2.76. The number of carbonyl (C=O) groups is 2. The number of amides is 2. The number of nitrogens with one attached hydrogen (secondary N) is 1. The summed E-state index contributed by atoms with van der Waals surface area (Å²) in [6, 6.07) is 0. The van der Waals surface area contributed by atoms with Crippen molar-refractivity contribution in [3.63, 3.8) is 0 Å². The van der Waals surface area contributed by atoms with E-state index in [9.17, 15) is 9.59 Å². The van der Waals surface area contributed by atoms with Gasteiger partial charge in [-0.2, -0.15) is 12.6 Å². The van der Waals surface area contributed by atoms with Crippen molar-refractivity contribution in [1.82, 2.24) is 10.2 Å². The molecule has 1 aliphatic carbocycles. The van der Waals surface area contributed by atoms with Crippen LogP contribution >= 0.6 is 12.6 Å². The largest absolute Gasteiger partial charge is 0.359 e. The molecular weight excluding hydrogens is 236 g/mol. The lowest BCUT2D eigenvalue weighted by molar-refractivity contribution is -0.132. The van der Waals surface area contributed by atoms with E-state index >= 15 is 0 Å². The zero-order chi connectivity index (χ0) is 13.1. The van der Waals surface area contributed by atoms with Gasteiger partial charge in [-0.3, -0.25) is 9.59 Å². The second-order valence-corrected chi connectivity index (χ2v) is 5.44. The average molecular weight is 258 g/mol. The molecular formula is C12H22N2O2S. The molecule has 1 unspecified atom stereocenters. The summed E-state index contributed by atoms with van der Waals surface area (Å²) in [5.41, 5.74) is 0.144. The topological polar surface area (TPSA) is 49.4 Å². The van der Waals surface area contributed by atoms with E-state index in [-0.39, 0.29) is 23.1 Å². The smallest absolute Gasteiger partial charge is 0.224 e. The van der Waals surface area contributed by atoms with Crippen LogP contribution in [0.4, 0.5) is 0 Å². The molecule has 0 heterocycles. The average Bonchev–Trinajstić information content (AvgIpc) is 3.08. The molecule has 0 aromatic heterocycles. The molecule has 2 amide bonds. The first kappa shape index (κ1) is 14.4. The number of thiol groups is 1. The van der Waals surface area contributed by atoms with Crippen molar-refractivity contribution in [2.24, 2.45) is 11.3 Å². The van der Waals surface area contributed by atoms with Gasteiger partial charge in [0.2, 0.25) is 11.8 Å². The van der Waals surface area contributed by atoms with E-state index in [1.54, 1.807) is 19.0 Å². The molecule has 1 fully saturated rings. The van der Waals surface area contributed by atoms with Crippen molar-refractivity contribution in [1.29, 1.82) is 0 Å². The molecule has 1 atom stereocenters. The molecule has 1 aliphatic rings. The van der Waals surface area contributed by atoms with Gasteiger partial charge in [0, 0.05) is 27.1 Å². The van der Waals surface area contributed by atoms with Crippen LogP contribution in [0.1, 0.15) is 26.2 Å². The minimum atomic E-state index is -0.167. The Hall–Kier alpha value is -0.710. The van der Waals surface area contributed by atoms with Crippen molar-refractivity contribution >= 4 is 24.4 Å². The van der Waals surface area contributed by atoms with Gasteiger partial charge in [-0.15, -0.1) is 0 Å². The van der Waals surface area contributed by atoms with Crippen molar-refractivity contribution in [3.05, 3.63) is 0 Å². The molecule has 0 radical (unpaired) electrons. The predicted molar refractivity (Wildman–Crippen MR) is 71.0 cm³/mol. The third-order valence-corrected chi connectivity index (χ3v) is 4.16. The zero-order valence-electron chi connectivity index (χ0n) is 10.8. The lowest BCUT2D eigenvalue weighted by atomic mass is 10.0. The van der Waals surface area contributed by atoms with Crippen LogP contribution in [0.15, 0.2) is 0 Å². The quantitative estimate of drug-likeness (QED) is 0.696. The van der Waals surface area contributed by atoms with Gasteiger partial charge >= 0.3 is 0 Å². The van der Waals surface area contributed by atoms with Crippen LogP contribution in [0.2, 0.25) is 0 Å². The third kappa shape index (κ3) is 3.91. The number of carbonyl (C=O) groups excluding carboxylic acids is 2.